The zero-order valence-electron chi connectivity index (χ0n) is 4.43. The highest BCUT2D eigenvalue weighted by molar-refractivity contribution is 14.2. The monoisotopic (exact) mass is 350 g/mol. The summed E-state index contributed by atoms with van der Waals surface area (Å²) in [6.07, 6.45) is 0. The molecule has 0 bridgehead atoms. The van der Waals surface area contributed by atoms with E-state index in [1.165, 1.54) is 7.39 Å². The van der Waals surface area contributed by atoms with E-state index in [0.717, 1.165) is 0 Å². The largest absolute Gasteiger partial charge is 0.309 e. The number of hydrogen-bond acceptors (Lipinski definition) is 2. The summed E-state index contributed by atoms with van der Waals surface area (Å²) in [7, 11) is 0. The lowest BCUT2D eigenvalue weighted by Gasteiger charge is -1.94. The Kier molecular flexibility index (Phi) is 2.08. The SMILES string of the molecule is C1=CI=C2OCOC2=I1. The van der Waals surface area contributed by atoms with Crippen molar-refractivity contribution < 1.29 is 9.47 Å². The van der Waals surface area contributed by atoms with Gasteiger partial charge in [0.2, 0.25) is 0 Å². The molecule has 1 saturated heterocycles. The van der Waals surface area contributed by atoms with Crippen LogP contribution in [0.15, 0.2) is 8.17 Å². The van der Waals surface area contributed by atoms with E-state index in [1.54, 1.807) is 0 Å². The quantitative estimate of drug-likeness (QED) is 0.619. The van der Waals surface area contributed by atoms with E-state index in [-0.39, 0.29) is 41.5 Å². The summed E-state index contributed by atoms with van der Waals surface area (Å²) in [5.74, 6) is 0. The Morgan fingerprint density at radius 2 is 1.67 bits per heavy atom. The van der Waals surface area contributed by atoms with Crippen molar-refractivity contribution in [1.82, 2.24) is 0 Å². The molecule has 0 saturated carbocycles. The fourth-order valence-corrected chi connectivity index (χ4v) is 6.30. The lowest BCUT2D eigenvalue weighted by atomic mass is 10.8. The molecule has 2 aliphatic heterocycles. The van der Waals surface area contributed by atoms with E-state index in [0.29, 0.717) is 6.79 Å². The molecule has 0 aromatic carbocycles. The zero-order valence-corrected chi connectivity index (χ0v) is 8.75. The van der Waals surface area contributed by atoms with Gasteiger partial charge in [0.1, 0.15) is 7.39 Å². The number of ether oxygens (including phenoxy) is 2. The fourth-order valence-electron chi connectivity index (χ4n) is 0.557. The molecule has 0 N–H and O–H groups in total. The van der Waals surface area contributed by atoms with Crippen molar-refractivity contribution in [3.8, 4) is 0 Å². The molecule has 0 aromatic rings. The highest BCUT2D eigenvalue weighted by atomic mass is 127. The third-order valence-corrected chi connectivity index (χ3v) is 7.48. The van der Waals surface area contributed by atoms with Crippen LogP contribution in [0.1, 0.15) is 0 Å². The standard InChI is InChI=1S/C5H4I2O2/c1-2-7-5-4(6-1)8-3-9-5/h1-2H,3H2. The summed E-state index contributed by atoms with van der Waals surface area (Å²) in [6.45, 7) is 0.478. The first-order valence-electron chi connectivity index (χ1n) is 2.38. The fraction of sp³-hybridized carbons (Fsp3) is 0.200. The smallest absolute Gasteiger partial charge is 0.160 e. The second kappa shape index (κ2) is 2.85. The summed E-state index contributed by atoms with van der Waals surface area (Å²) in [6, 6.07) is 0. The molecule has 50 valence electrons. The molecule has 9 heavy (non-hydrogen) atoms. The average Bonchev–Trinajstić information content (AvgIpc) is 2.33. The molecular weight excluding hydrogens is 346 g/mol. The highest BCUT2D eigenvalue weighted by Gasteiger charge is 2.16. The van der Waals surface area contributed by atoms with Gasteiger partial charge in [0, 0.05) is 0 Å². The molecule has 0 unspecified atom stereocenters. The van der Waals surface area contributed by atoms with Crippen molar-refractivity contribution in [3.05, 3.63) is 8.17 Å². The van der Waals surface area contributed by atoms with Gasteiger partial charge in [-0.05, 0) is 8.17 Å². The first-order valence-corrected chi connectivity index (χ1v) is 7.03. The van der Waals surface area contributed by atoms with Crippen molar-refractivity contribution in [2.45, 2.75) is 0 Å². The average molecular weight is 350 g/mol. The van der Waals surface area contributed by atoms with Gasteiger partial charge in [-0.25, -0.2) is 0 Å². The van der Waals surface area contributed by atoms with Gasteiger partial charge in [0.25, 0.3) is 0 Å². The molecule has 0 aromatic heterocycles. The minimum atomic E-state index is 0.0504. The minimum absolute atomic E-state index is 0.0504. The summed E-state index contributed by atoms with van der Waals surface area (Å²) < 4.78 is 17.4. The second-order valence-corrected chi connectivity index (χ2v) is 6.07. The Morgan fingerprint density at radius 3 is 2.22 bits per heavy atom. The van der Waals surface area contributed by atoms with Gasteiger partial charge in [-0.1, -0.05) is 41.5 Å². The molecule has 2 aliphatic rings. The van der Waals surface area contributed by atoms with Gasteiger partial charge in [-0.2, -0.15) is 0 Å². The lowest BCUT2D eigenvalue weighted by Crippen LogP contribution is -2.02. The third kappa shape index (κ3) is 1.31. The summed E-state index contributed by atoms with van der Waals surface area (Å²) in [5, 5.41) is 0. The van der Waals surface area contributed by atoms with Crippen LogP contribution in [0.2, 0.25) is 0 Å². The predicted octanol–water partition coefficient (Wildman–Crippen LogP) is 1.68. The van der Waals surface area contributed by atoms with Crippen LogP contribution in [0, 0.1) is 0 Å². The highest BCUT2D eigenvalue weighted by Crippen LogP contribution is 2.23. The summed E-state index contributed by atoms with van der Waals surface area (Å²) >= 11 is 0.101. The van der Waals surface area contributed by atoms with E-state index < -0.39 is 0 Å². The van der Waals surface area contributed by atoms with Crippen LogP contribution >= 0.6 is 41.5 Å². The molecule has 0 spiro atoms. The molecule has 0 atom stereocenters. The lowest BCUT2D eigenvalue weighted by molar-refractivity contribution is 0.147. The van der Waals surface area contributed by atoms with E-state index in [4.69, 9.17) is 9.47 Å². The number of halogens is 2. The van der Waals surface area contributed by atoms with E-state index in [1.807, 2.05) is 0 Å². The summed E-state index contributed by atoms with van der Waals surface area (Å²) in [4.78, 5) is 0. The first-order chi connectivity index (χ1) is 4.47. The predicted molar refractivity (Wildman–Crippen MR) is 54.2 cm³/mol. The molecule has 4 heteroatoms. The molecule has 2 rings (SSSR count). The number of fused-ring (bicyclic) bond motifs is 1. The maximum Gasteiger partial charge on any atom is 0.160 e. The topological polar surface area (TPSA) is 18.5 Å². The number of hydrogen-bond donors (Lipinski definition) is 0. The van der Waals surface area contributed by atoms with Crippen molar-refractivity contribution >= 4 is 48.9 Å². The molecule has 0 radical (unpaired) electrons. The van der Waals surface area contributed by atoms with Gasteiger partial charge >= 0.3 is 0 Å². The van der Waals surface area contributed by atoms with Gasteiger partial charge in [-0.3, -0.25) is 0 Å². The van der Waals surface area contributed by atoms with Crippen molar-refractivity contribution in [1.29, 1.82) is 0 Å². The van der Waals surface area contributed by atoms with Crippen LogP contribution in [0.5, 0.6) is 0 Å². The Hall–Kier alpha value is 0.860. The van der Waals surface area contributed by atoms with Crippen LogP contribution in [0.4, 0.5) is 0 Å². The Morgan fingerprint density at radius 1 is 1.11 bits per heavy atom. The van der Waals surface area contributed by atoms with Crippen LogP contribution in [-0.2, 0) is 9.47 Å². The maximum atomic E-state index is 5.24. The van der Waals surface area contributed by atoms with Crippen molar-refractivity contribution in [2.24, 2.45) is 0 Å². The molecule has 0 amide bonds. The van der Waals surface area contributed by atoms with Crippen LogP contribution in [0.3, 0.4) is 0 Å². The molecule has 0 aliphatic carbocycles. The zero-order chi connectivity index (χ0) is 6.10. The Balaban J connectivity index is 2.42. The van der Waals surface area contributed by atoms with E-state index >= 15 is 0 Å². The van der Waals surface area contributed by atoms with Gasteiger partial charge < -0.3 is 9.47 Å². The van der Waals surface area contributed by atoms with Crippen molar-refractivity contribution in [3.63, 3.8) is 0 Å². The van der Waals surface area contributed by atoms with Crippen molar-refractivity contribution in [2.75, 3.05) is 6.79 Å². The molecule has 2 nitrogen and oxygen atoms in total. The van der Waals surface area contributed by atoms with Gasteiger partial charge in [-0.15, -0.1) is 0 Å². The van der Waals surface area contributed by atoms with Crippen LogP contribution < -0.4 is 0 Å². The van der Waals surface area contributed by atoms with E-state index in [9.17, 15) is 0 Å². The number of rotatable bonds is 0. The van der Waals surface area contributed by atoms with E-state index in [2.05, 4.69) is 8.17 Å². The molecule has 2 heterocycles. The second-order valence-electron chi connectivity index (χ2n) is 1.42. The van der Waals surface area contributed by atoms with Gasteiger partial charge in [0.05, 0.1) is 0 Å². The third-order valence-electron chi connectivity index (χ3n) is 0.898. The summed E-state index contributed by atoms with van der Waals surface area (Å²) in [5.41, 5.74) is 0. The normalized spacial score (nSPS) is 24.9. The molecule has 1 fully saturated rings. The van der Waals surface area contributed by atoms with Crippen LogP contribution in [-0.4, -0.2) is 14.2 Å². The Labute approximate surface area is 72.7 Å². The minimum Gasteiger partial charge on any atom is -0.309 e. The Bertz CT molecular complexity index is 195. The van der Waals surface area contributed by atoms with Gasteiger partial charge in [0.15, 0.2) is 6.79 Å². The first kappa shape index (κ1) is 6.56. The maximum absolute atomic E-state index is 5.24. The van der Waals surface area contributed by atoms with Crippen LogP contribution in [0.25, 0.3) is 0 Å². The molecular formula is C5H4I2O2.